The van der Waals surface area contributed by atoms with E-state index in [1.165, 1.54) is 18.4 Å². The van der Waals surface area contributed by atoms with Gasteiger partial charge in [0.15, 0.2) is 0 Å². The van der Waals surface area contributed by atoms with Gasteiger partial charge in [0.2, 0.25) is 5.95 Å². The van der Waals surface area contributed by atoms with Crippen molar-refractivity contribution >= 4 is 5.95 Å². The number of nitrogens with zero attached hydrogens (tertiary/aromatic N) is 3. The van der Waals surface area contributed by atoms with E-state index in [1.54, 1.807) is 0 Å². The van der Waals surface area contributed by atoms with E-state index in [4.69, 9.17) is 0 Å². The lowest BCUT2D eigenvalue weighted by Gasteiger charge is -2.26. The molecule has 0 aliphatic heterocycles. The van der Waals surface area contributed by atoms with Crippen molar-refractivity contribution in [2.24, 2.45) is 0 Å². The third-order valence-electron chi connectivity index (χ3n) is 4.03. The summed E-state index contributed by atoms with van der Waals surface area (Å²) in [6.45, 7) is 7.40. The highest BCUT2D eigenvalue weighted by Crippen LogP contribution is 2.20. The van der Waals surface area contributed by atoms with Gasteiger partial charge in [-0.2, -0.15) is 0 Å². The van der Waals surface area contributed by atoms with E-state index < -0.39 is 0 Å². The van der Waals surface area contributed by atoms with Gasteiger partial charge >= 0.3 is 0 Å². The van der Waals surface area contributed by atoms with Gasteiger partial charge < -0.3 is 10.2 Å². The topological polar surface area (TPSA) is 41.1 Å². The van der Waals surface area contributed by atoms with E-state index in [1.807, 2.05) is 6.20 Å². The first-order valence-electron chi connectivity index (χ1n) is 7.44. The third-order valence-corrected chi connectivity index (χ3v) is 4.03. The zero-order valence-corrected chi connectivity index (χ0v) is 12.6. The summed E-state index contributed by atoms with van der Waals surface area (Å²) < 4.78 is 0. The second-order valence-electron chi connectivity index (χ2n) is 5.52. The molecule has 106 valence electrons. The van der Waals surface area contributed by atoms with Crippen LogP contribution in [0.25, 0.3) is 0 Å². The fourth-order valence-electron chi connectivity index (χ4n) is 2.36. The Morgan fingerprint density at radius 3 is 2.58 bits per heavy atom. The Morgan fingerprint density at radius 2 is 2.05 bits per heavy atom. The maximum absolute atomic E-state index is 4.66. The van der Waals surface area contributed by atoms with E-state index in [2.05, 4.69) is 48.0 Å². The largest absolute Gasteiger partial charge is 0.341 e. The SMILES string of the molecule is CCC(CC)N(C)c1ncc(CNC2CC2)c(C)n1. The summed E-state index contributed by atoms with van der Waals surface area (Å²) >= 11 is 0. The van der Waals surface area contributed by atoms with Gasteiger partial charge in [-0.1, -0.05) is 13.8 Å². The first kappa shape index (κ1) is 14.3. The van der Waals surface area contributed by atoms with E-state index in [0.29, 0.717) is 6.04 Å². The number of aryl methyl sites for hydroxylation is 1. The van der Waals surface area contributed by atoms with Crippen molar-refractivity contribution in [2.75, 3.05) is 11.9 Å². The normalized spacial score (nSPS) is 15.0. The fraction of sp³-hybridized carbons (Fsp3) is 0.733. The van der Waals surface area contributed by atoms with Crippen LogP contribution < -0.4 is 10.2 Å². The van der Waals surface area contributed by atoms with Gasteiger partial charge in [-0.25, -0.2) is 9.97 Å². The van der Waals surface area contributed by atoms with Crippen LogP contribution in [0.2, 0.25) is 0 Å². The Bertz CT molecular complexity index is 411. The Balaban J connectivity index is 2.03. The van der Waals surface area contributed by atoms with Crippen LogP contribution in [0.1, 0.15) is 50.8 Å². The molecule has 4 heteroatoms. The van der Waals surface area contributed by atoms with E-state index in [-0.39, 0.29) is 0 Å². The molecule has 1 aliphatic carbocycles. The van der Waals surface area contributed by atoms with Gasteiger partial charge in [-0.05, 0) is 32.6 Å². The number of anilines is 1. The molecular formula is C15H26N4. The summed E-state index contributed by atoms with van der Waals surface area (Å²) in [7, 11) is 2.09. The van der Waals surface area contributed by atoms with E-state index in [0.717, 1.165) is 37.1 Å². The second-order valence-corrected chi connectivity index (χ2v) is 5.52. The number of hydrogen-bond donors (Lipinski definition) is 1. The summed E-state index contributed by atoms with van der Waals surface area (Å²) in [6, 6.07) is 1.25. The van der Waals surface area contributed by atoms with Crippen molar-refractivity contribution in [1.29, 1.82) is 0 Å². The fourth-order valence-corrected chi connectivity index (χ4v) is 2.36. The monoisotopic (exact) mass is 262 g/mol. The summed E-state index contributed by atoms with van der Waals surface area (Å²) in [6.07, 6.45) is 6.86. The summed E-state index contributed by atoms with van der Waals surface area (Å²) in [5, 5.41) is 3.51. The minimum absolute atomic E-state index is 0.523. The molecule has 0 saturated heterocycles. The van der Waals surface area contributed by atoms with Crippen LogP contribution in [-0.2, 0) is 6.54 Å². The molecule has 0 atom stereocenters. The van der Waals surface area contributed by atoms with Crippen molar-refractivity contribution in [3.05, 3.63) is 17.5 Å². The predicted octanol–water partition coefficient (Wildman–Crippen LogP) is 2.66. The quantitative estimate of drug-likeness (QED) is 0.820. The molecule has 0 radical (unpaired) electrons. The molecule has 19 heavy (non-hydrogen) atoms. The van der Waals surface area contributed by atoms with Crippen LogP contribution in [-0.4, -0.2) is 29.1 Å². The van der Waals surface area contributed by atoms with Gasteiger partial charge in [0.1, 0.15) is 0 Å². The number of nitrogens with one attached hydrogen (secondary N) is 1. The van der Waals surface area contributed by atoms with Crippen LogP contribution in [0, 0.1) is 6.92 Å². The predicted molar refractivity (Wildman–Crippen MR) is 79.4 cm³/mol. The average molecular weight is 262 g/mol. The van der Waals surface area contributed by atoms with Crippen molar-refractivity contribution in [3.63, 3.8) is 0 Å². The zero-order chi connectivity index (χ0) is 13.8. The first-order chi connectivity index (χ1) is 9.15. The molecule has 1 aromatic heterocycles. The third kappa shape index (κ3) is 3.66. The van der Waals surface area contributed by atoms with E-state index >= 15 is 0 Å². The molecule has 0 amide bonds. The Labute approximate surface area is 116 Å². The molecule has 1 aromatic rings. The second kappa shape index (κ2) is 6.33. The maximum Gasteiger partial charge on any atom is 0.225 e. The minimum Gasteiger partial charge on any atom is -0.341 e. The zero-order valence-electron chi connectivity index (χ0n) is 12.6. The van der Waals surface area contributed by atoms with Crippen molar-refractivity contribution < 1.29 is 0 Å². The lowest BCUT2D eigenvalue weighted by molar-refractivity contribution is 0.579. The smallest absolute Gasteiger partial charge is 0.225 e. The lowest BCUT2D eigenvalue weighted by Crippen LogP contribution is -2.32. The van der Waals surface area contributed by atoms with Gasteiger partial charge in [0.25, 0.3) is 0 Å². The maximum atomic E-state index is 4.66. The van der Waals surface area contributed by atoms with Crippen LogP contribution >= 0.6 is 0 Å². The average Bonchev–Trinajstić information content (AvgIpc) is 3.22. The number of rotatable bonds is 7. The molecule has 1 fully saturated rings. The molecule has 0 bridgehead atoms. The molecule has 0 spiro atoms. The van der Waals surface area contributed by atoms with E-state index in [9.17, 15) is 0 Å². The highest BCUT2D eigenvalue weighted by Gasteiger charge is 2.21. The molecule has 1 saturated carbocycles. The standard InChI is InChI=1S/C15H26N4/c1-5-14(6-2)19(4)15-17-10-12(11(3)18-15)9-16-13-7-8-13/h10,13-14,16H,5-9H2,1-4H3. The van der Waals surface area contributed by atoms with Crippen LogP contribution in [0.3, 0.4) is 0 Å². The molecule has 0 aromatic carbocycles. The van der Waals surface area contributed by atoms with Gasteiger partial charge in [-0.15, -0.1) is 0 Å². The molecule has 2 rings (SSSR count). The minimum atomic E-state index is 0.523. The van der Waals surface area contributed by atoms with Crippen LogP contribution in [0.4, 0.5) is 5.95 Å². The van der Waals surface area contributed by atoms with Crippen molar-refractivity contribution in [1.82, 2.24) is 15.3 Å². The molecule has 4 nitrogen and oxygen atoms in total. The van der Waals surface area contributed by atoms with Crippen LogP contribution in [0.5, 0.6) is 0 Å². The molecule has 1 aliphatic rings. The first-order valence-corrected chi connectivity index (χ1v) is 7.44. The molecular weight excluding hydrogens is 236 g/mol. The highest BCUT2D eigenvalue weighted by molar-refractivity contribution is 5.33. The van der Waals surface area contributed by atoms with Crippen molar-refractivity contribution in [2.45, 2.75) is 65.1 Å². The van der Waals surface area contributed by atoms with Gasteiger partial charge in [-0.3, -0.25) is 0 Å². The lowest BCUT2D eigenvalue weighted by atomic mass is 10.1. The van der Waals surface area contributed by atoms with Gasteiger partial charge in [0.05, 0.1) is 0 Å². The number of hydrogen-bond acceptors (Lipinski definition) is 4. The van der Waals surface area contributed by atoms with Crippen LogP contribution in [0.15, 0.2) is 6.20 Å². The Hall–Kier alpha value is -1.16. The van der Waals surface area contributed by atoms with Gasteiger partial charge in [0, 0.05) is 43.1 Å². The Kier molecular flexibility index (Phi) is 4.75. The highest BCUT2D eigenvalue weighted by atomic mass is 15.2. The number of aromatic nitrogens is 2. The molecule has 0 unspecified atom stereocenters. The Morgan fingerprint density at radius 1 is 1.37 bits per heavy atom. The van der Waals surface area contributed by atoms with Crippen molar-refractivity contribution in [3.8, 4) is 0 Å². The summed E-state index contributed by atoms with van der Waals surface area (Å²) in [5.41, 5.74) is 2.31. The summed E-state index contributed by atoms with van der Waals surface area (Å²) in [5.74, 6) is 0.848. The molecule has 1 N–H and O–H groups in total. The summed E-state index contributed by atoms with van der Waals surface area (Å²) in [4.78, 5) is 11.4. The molecule has 1 heterocycles.